The van der Waals surface area contributed by atoms with E-state index in [2.05, 4.69) is 3.63 Å². The summed E-state index contributed by atoms with van der Waals surface area (Å²) in [6.07, 6.45) is 0. The molecule has 1 N–H and O–H groups in total. The summed E-state index contributed by atoms with van der Waals surface area (Å²) in [6, 6.07) is 8.05. The van der Waals surface area contributed by atoms with Gasteiger partial charge in [0.1, 0.15) is 5.75 Å². The van der Waals surface area contributed by atoms with Gasteiger partial charge >= 0.3 is 123 Å². The predicted octanol–water partition coefficient (Wildman–Crippen LogP) is -4.26. The van der Waals surface area contributed by atoms with Crippen molar-refractivity contribution in [3.8, 4) is 17.2 Å². The second-order valence-corrected chi connectivity index (χ2v) is 7.79. The largest absolute Gasteiger partial charge is 1.00 e. The molecule has 0 saturated heterocycles. The van der Waals surface area contributed by atoms with E-state index in [0.717, 1.165) is 24.3 Å². The Morgan fingerprint density at radius 1 is 0.808 bits per heavy atom. The summed E-state index contributed by atoms with van der Waals surface area (Å²) in [5.41, 5.74) is 0. The van der Waals surface area contributed by atoms with Crippen molar-refractivity contribution in [2.45, 2.75) is 9.79 Å². The third-order valence-corrected chi connectivity index (χ3v) is 6.08. The minimum Gasteiger partial charge on any atom is -1.00 e. The monoisotopic (exact) mass is 454 g/mol. The molecule has 2 aromatic rings. The van der Waals surface area contributed by atoms with Gasteiger partial charge in [-0.1, -0.05) is 0 Å². The number of aromatic hydroxyl groups is 1. The maximum absolute atomic E-state index is 12.1. The van der Waals surface area contributed by atoms with Crippen molar-refractivity contribution in [2.24, 2.45) is 0 Å². The van der Waals surface area contributed by atoms with Crippen LogP contribution in [0, 0.1) is 0 Å². The summed E-state index contributed by atoms with van der Waals surface area (Å²) in [5, 5.41) is 9.62. The fourth-order valence-corrected chi connectivity index (χ4v) is 4.30. The summed E-state index contributed by atoms with van der Waals surface area (Å²) >= 11 is 0. The first-order chi connectivity index (χ1) is 11.2. The van der Waals surface area contributed by atoms with Crippen LogP contribution in [0.4, 0.5) is 0 Å². The van der Waals surface area contributed by atoms with Crippen LogP contribution in [-0.2, 0) is 23.9 Å². The molecule has 0 spiro atoms. The van der Waals surface area contributed by atoms with Gasteiger partial charge in [-0.15, -0.1) is 3.63 Å². The number of hydrogen-bond donors (Lipinski definition) is 1. The first kappa shape index (κ1) is 27.0. The molecular weight excluding hydrogens is 438 g/mol. The molecule has 134 valence electrons. The number of ether oxygens (including phenoxy) is 2. The van der Waals surface area contributed by atoms with Crippen LogP contribution in [0.15, 0.2) is 52.3 Å². The Balaban J connectivity index is -0.00000156. The Kier molecular flexibility index (Phi) is 11.7. The molecule has 2 rings (SSSR count). The first-order valence-corrected chi connectivity index (χ1v) is 9.23. The van der Waals surface area contributed by atoms with Crippen LogP contribution in [-0.4, -0.2) is 36.2 Å². The van der Waals surface area contributed by atoms with Crippen LogP contribution >= 0.6 is 0 Å². The molecule has 0 fully saturated rings. The van der Waals surface area contributed by atoms with E-state index in [1.54, 1.807) is 0 Å². The molecule has 0 unspecified atom stereocenters. The van der Waals surface area contributed by atoms with Crippen molar-refractivity contribution < 1.29 is 141 Å². The van der Waals surface area contributed by atoms with E-state index in [0.29, 0.717) is 5.75 Å². The molecule has 2 aromatic carbocycles. The second kappa shape index (κ2) is 11.2. The fraction of sp³-hybridized carbons (Fsp3) is 0.143. The van der Waals surface area contributed by atoms with Crippen molar-refractivity contribution in [2.75, 3.05) is 14.2 Å². The van der Waals surface area contributed by atoms with Gasteiger partial charge in [-0.2, -0.15) is 16.8 Å². The van der Waals surface area contributed by atoms with Crippen molar-refractivity contribution in [3.05, 3.63) is 42.5 Å². The van der Waals surface area contributed by atoms with Crippen molar-refractivity contribution in [1.82, 2.24) is 0 Å². The van der Waals surface area contributed by atoms with Crippen molar-refractivity contribution >= 4 is 20.2 Å². The molecule has 0 bridgehead atoms. The predicted molar refractivity (Wildman–Crippen MR) is 85.3 cm³/mol. The molecule has 0 atom stereocenters. The number of benzene rings is 2. The summed E-state index contributed by atoms with van der Waals surface area (Å²) in [7, 11) is -6.55. The Bertz CT molecular complexity index is 952. The molecule has 12 heteroatoms. The molecular formula is C14H16K2O8S2. The van der Waals surface area contributed by atoms with Gasteiger partial charge in [-0.05, 0) is 36.4 Å². The molecule has 0 aliphatic carbocycles. The van der Waals surface area contributed by atoms with Crippen LogP contribution in [0.1, 0.15) is 2.85 Å². The molecule has 0 aromatic heterocycles. The van der Waals surface area contributed by atoms with E-state index in [-0.39, 0.29) is 116 Å². The summed E-state index contributed by atoms with van der Waals surface area (Å²) in [4.78, 5) is -0.887. The van der Waals surface area contributed by atoms with Gasteiger partial charge in [-0.25, -0.2) is 0 Å². The standard InChI is InChI=1S/C14H14O8S2.2K.2H/c1-20-10-3-5-11(6-4-10)23(16,17)22-24(18,19)12-7-8-14(21-2)13(15)9-12;;;;/h3-9,15H,1-2H3;;;;/q;2*+1;2*-1. The van der Waals surface area contributed by atoms with Gasteiger partial charge in [0.05, 0.1) is 24.0 Å². The third kappa shape index (κ3) is 6.79. The van der Waals surface area contributed by atoms with Gasteiger partial charge in [0.2, 0.25) is 0 Å². The Morgan fingerprint density at radius 3 is 1.77 bits per heavy atom. The summed E-state index contributed by atoms with van der Waals surface area (Å²) in [5.74, 6) is -0.0344. The average Bonchev–Trinajstić information content (AvgIpc) is 2.54. The smallest absolute Gasteiger partial charge is 1.00 e. The van der Waals surface area contributed by atoms with Gasteiger partial charge in [0, 0.05) is 6.07 Å². The van der Waals surface area contributed by atoms with E-state index in [9.17, 15) is 21.9 Å². The third-order valence-electron chi connectivity index (χ3n) is 2.97. The van der Waals surface area contributed by atoms with E-state index in [1.807, 2.05) is 0 Å². The zero-order valence-electron chi connectivity index (χ0n) is 16.7. The van der Waals surface area contributed by atoms with Crippen LogP contribution < -0.4 is 112 Å². The van der Waals surface area contributed by atoms with Crippen LogP contribution in [0.2, 0.25) is 0 Å². The zero-order valence-corrected chi connectivity index (χ0v) is 22.5. The quantitative estimate of drug-likeness (QED) is 0.436. The summed E-state index contributed by atoms with van der Waals surface area (Å²) < 4.78 is 62.5. The normalized spacial score (nSPS) is 11.0. The minimum absolute atomic E-state index is 0. The number of methoxy groups -OCH3 is 2. The van der Waals surface area contributed by atoms with E-state index in [4.69, 9.17) is 9.47 Å². The molecule has 0 aliphatic heterocycles. The van der Waals surface area contributed by atoms with E-state index in [1.165, 1.54) is 32.4 Å². The van der Waals surface area contributed by atoms with Crippen LogP contribution in [0.5, 0.6) is 17.2 Å². The van der Waals surface area contributed by atoms with E-state index < -0.39 is 30.9 Å². The Morgan fingerprint density at radius 2 is 1.31 bits per heavy atom. The maximum Gasteiger partial charge on any atom is 1.00 e. The van der Waals surface area contributed by atoms with Gasteiger partial charge in [-0.3, -0.25) is 0 Å². The van der Waals surface area contributed by atoms with Gasteiger partial charge < -0.3 is 17.4 Å². The topological polar surface area (TPSA) is 116 Å². The maximum atomic E-state index is 12.1. The SMILES string of the molecule is COc1ccc(S(=O)(=O)OS(=O)(=O)c2ccc(OC)c(O)c2)cc1.[H-].[H-].[K+].[K+]. The molecule has 0 amide bonds. The average molecular weight is 455 g/mol. The van der Waals surface area contributed by atoms with Crippen LogP contribution in [0.25, 0.3) is 0 Å². The van der Waals surface area contributed by atoms with Gasteiger partial charge in [0.25, 0.3) is 0 Å². The number of phenols is 1. The number of rotatable bonds is 6. The number of phenolic OH excluding ortho intramolecular Hbond substituents is 1. The fourth-order valence-electron chi connectivity index (χ4n) is 1.76. The molecule has 0 aliphatic rings. The number of hydrogen-bond acceptors (Lipinski definition) is 8. The Hall–Kier alpha value is 0.973. The van der Waals surface area contributed by atoms with Crippen molar-refractivity contribution in [1.29, 1.82) is 0 Å². The van der Waals surface area contributed by atoms with Crippen LogP contribution in [0.3, 0.4) is 0 Å². The molecule has 8 nitrogen and oxygen atoms in total. The first-order valence-electron chi connectivity index (χ1n) is 6.42. The Labute approximate surface area is 240 Å². The summed E-state index contributed by atoms with van der Waals surface area (Å²) in [6.45, 7) is 0. The van der Waals surface area contributed by atoms with E-state index >= 15 is 0 Å². The molecule has 0 saturated carbocycles. The van der Waals surface area contributed by atoms with Crippen molar-refractivity contribution in [3.63, 3.8) is 0 Å². The second-order valence-electron chi connectivity index (χ2n) is 4.49. The molecule has 26 heavy (non-hydrogen) atoms. The zero-order chi connectivity index (χ0) is 18.0. The minimum atomic E-state index is -4.66. The molecule has 0 radical (unpaired) electrons. The molecule has 0 heterocycles. The van der Waals surface area contributed by atoms with Gasteiger partial charge in [0.15, 0.2) is 11.5 Å².